The average Bonchev–Trinajstić information content (AvgIpc) is 3.22. The van der Waals surface area contributed by atoms with E-state index in [9.17, 15) is 14.2 Å². The van der Waals surface area contributed by atoms with E-state index in [1.54, 1.807) is 45.5 Å². The lowest BCUT2D eigenvalue weighted by Gasteiger charge is -2.22. The van der Waals surface area contributed by atoms with Gasteiger partial charge in [-0.15, -0.1) is 0 Å². The van der Waals surface area contributed by atoms with Crippen molar-refractivity contribution in [3.05, 3.63) is 30.6 Å². The van der Waals surface area contributed by atoms with Crippen LogP contribution in [0.1, 0.15) is 34.6 Å². The Hall–Kier alpha value is -3.45. The molecular weight excluding hydrogens is 523 g/mol. The number of nitrogen functional groups attached to an aromatic ring is 1. The highest BCUT2D eigenvalue weighted by Crippen LogP contribution is 2.50. The average molecular weight is 554 g/mol. The number of aromatic nitrogens is 3. The molecule has 208 valence electrons. The number of hydrogen-bond donors (Lipinski definition) is 1. The monoisotopic (exact) mass is 554 g/mol. The van der Waals surface area contributed by atoms with Crippen molar-refractivity contribution >= 4 is 47.9 Å². The highest BCUT2D eigenvalue weighted by molar-refractivity contribution is 7.48. The maximum absolute atomic E-state index is 13.3. The lowest BCUT2D eigenvalue weighted by Crippen LogP contribution is -2.20. The number of phosphoric acid groups is 1. The first-order valence-corrected chi connectivity index (χ1v) is 13.2. The summed E-state index contributed by atoms with van der Waals surface area (Å²) in [6, 6.07) is 7.41. The predicted molar refractivity (Wildman–Crippen MR) is 135 cm³/mol. The maximum atomic E-state index is 13.3. The van der Waals surface area contributed by atoms with Crippen molar-refractivity contribution < 1.29 is 46.7 Å². The van der Waals surface area contributed by atoms with E-state index >= 15 is 0 Å². The van der Waals surface area contributed by atoms with Gasteiger partial charge in [-0.25, -0.2) is 33.2 Å². The zero-order valence-electron chi connectivity index (χ0n) is 21.7. The van der Waals surface area contributed by atoms with Gasteiger partial charge in [-0.05, 0) is 40.7 Å². The number of imidazole rings is 1. The van der Waals surface area contributed by atoms with E-state index in [1.807, 2.05) is 24.3 Å². The third-order valence-electron chi connectivity index (χ3n) is 4.68. The fourth-order valence-corrected chi connectivity index (χ4v) is 4.37. The molecule has 0 aliphatic rings. The van der Waals surface area contributed by atoms with Gasteiger partial charge >= 0.3 is 20.1 Å². The molecule has 0 aliphatic heterocycles. The van der Waals surface area contributed by atoms with Gasteiger partial charge in [-0.1, -0.05) is 18.2 Å². The van der Waals surface area contributed by atoms with E-state index < -0.39 is 52.0 Å². The summed E-state index contributed by atoms with van der Waals surface area (Å²) in [7, 11) is -4.43. The molecule has 0 bridgehead atoms. The number of benzene rings is 1. The van der Waals surface area contributed by atoms with Gasteiger partial charge in [0.05, 0.1) is 42.2 Å². The Morgan fingerprint density at radius 2 is 1.55 bits per heavy atom. The van der Waals surface area contributed by atoms with E-state index in [4.69, 9.17) is 38.3 Å². The number of nitrogens with zero attached hydrogens (tertiary/aromatic N) is 3. The van der Waals surface area contributed by atoms with E-state index in [-0.39, 0.29) is 12.4 Å². The quantitative estimate of drug-likeness (QED) is 0.185. The minimum absolute atomic E-state index is 0.146. The molecule has 1 atom stereocenters. The topological polar surface area (TPSA) is 173 Å². The van der Waals surface area contributed by atoms with Gasteiger partial charge in [0.2, 0.25) is 13.6 Å². The molecule has 14 nitrogen and oxygen atoms in total. The van der Waals surface area contributed by atoms with Gasteiger partial charge in [-0.3, -0.25) is 4.52 Å². The number of rotatable bonds is 12. The molecule has 0 saturated heterocycles. The first-order valence-electron chi connectivity index (χ1n) is 11.7. The number of phosphoric ester groups is 1. The van der Waals surface area contributed by atoms with Crippen LogP contribution in [0, 0.1) is 0 Å². The predicted octanol–water partition coefficient (Wildman–Crippen LogP) is 4.75. The number of carbonyl (C=O) groups is 2. The van der Waals surface area contributed by atoms with E-state index in [0.717, 1.165) is 5.39 Å². The highest BCUT2D eigenvalue weighted by atomic mass is 31.2. The summed E-state index contributed by atoms with van der Waals surface area (Å²) < 4.78 is 50.0. The summed E-state index contributed by atoms with van der Waals surface area (Å²) in [4.78, 5) is 32.0. The number of nitrogens with two attached hydrogens (primary N) is 1. The fourth-order valence-electron chi connectivity index (χ4n) is 3.30. The molecule has 3 rings (SSSR count). The number of hydrogen-bond acceptors (Lipinski definition) is 13. The number of fused-ring (bicyclic) bond motifs is 3. The van der Waals surface area contributed by atoms with Crippen molar-refractivity contribution in [3.63, 3.8) is 0 Å². The minimum Gasteiger partial charge on any atom is -0.432 e. The molecule has 1 aromatic carbocycles. The molecule has 0 fully saturated rings. The molecule has 1 unspecified atom stereocenters. The maximum Gasteiger partial charge on any atom is 0.510 e. The lowest BCUT2D eigenvalue weighted by molar-refractivity contribution is -0.0501. The largest absolute Gasteiger partial charge is 0.510 e. The van der Waals surface area contributed by atoms with Gasteiger partial charge < -0.3 is 29.2 Å². The first kappa shape index (κ1) is 29.1. The van der Waals surface area contributed by atoms with Crippen molar-refractivity contribution in [3.8, 4) is 0 Å². The zero-order chi connectivity index (χ0) is 27.9. The van der Waals surface area contributed by atoms with Crippen LogP contribution in [0.2, 0.25) is 0 Å². The molecule has 15 heteroatoms. The fraction of sp³-hybridized carbons (Fsp3) is 0.478. The van der Waals surface area contributed by atoms with Gasteiger partial charge in [-0.2, -0.15) is 0 Å². The van der Waals surface area contributed by atoms with Gasteiger partial charge in [0, 0.05) is 5.39 Å². The Kier molecular flexibility index (Phi) is 9.86. The molecule has 2 N–H and O–H groups in total. The van der Waals surface area contributed by atoms with Crippen LogP contribution in [0.15, 0.2) is 30.6 Å². The number of para-hydroxylation sites is 1. The van der Waals surface area contributed by atoms with E-state index in [2.05, 4.69) is 9.97 Å². The second-order valence-corrected chi connectivity index (χ2v) is 10.2. The van der Waals surface area contributed by atoms with Gasteiger partial charge in [0.1, 0.15) is 5.52 Å². The zero-order valence-corrected chi connectivity index (χ0v) is 22.6. The normalized spacial score (nSPS) is 12.7. The molecule has 2 aromatic heterocycles. The van der Waals surface area contributed by atoms with Crippen LogP contribution in [0.25, 0.3) is 21.9 Å². The van der Waals surface area contributed by atoms with Crippen LogP contribution < -0.4 is 5.73 Å². The number of pyridine rings is 1. The molecule has 0 radical (unpaired) electrons. The Morgan fingerprint density at radius 1 is 0.974 bits per heavy atom. The summed E-state index contributed by atoms with van der Waals surface area (Å²) in [5, 5.41) is 0.811. The number of ether oxygens (including phenoxy) is 4. The van der Waals surface area contributed by atoms with Crippen LogP contribution in [0.3, 0.4) is 0 Å². The van der Waals surface area contributed by atoms with Crippen LogP contribution in [0.4, 0.5) is 15.4 Å². The number of carbonyl (C=O) groups excluding carboxylic acids is 2. The minimum atomic E-state index is -4.43. The Bertz CT molecular complexity index is 1280. The summed E-state index contributed by atoms with van der Waals surface area (Å²) in [5.74, 6) is 0.263. The molecule has 0 saturated carbocycles. The molecule has 3 aromatic rings. The van der Waals surface area contributed by atoms with Crippen LogP contribution >= 0.6 is 7.82 Å². The van der Waals surface area contributed by atoms with E-state index in [1.165, 1.54) is 0 Å². The number of anilines is 1. The molecule has 0 aliphatic carbocycles. The third-order valence-corrected chi connectivity index (χ3v) is 6.14. The highest BCUT2D eigenvalue weighted by Gasteiger charge is 2.32. The SMILES string of the molecule is CC(C)OC(=O)OCOP(=O)(OCOC(=O)OC(C)C)OC(C)Cn1cnc2c(N)nc3ccccc3c21. The third kappa shape index (κ3) is 8.02. The Labute approximate surface area is 218 Å². The van der Waals surface area contributed by atoms with Gasteiger partial charge in [0.25, 0.3) is 0 Å². The molecular formula is C23H31N4O10P. The van der Waals surface area contributed by atoms with Crippen molar-refractivity contribution in [1.82, 2.24) is 14.5 Å². The summed E-state index contributed by atoms with van der Waals surface area (Å²) in [5.41, 5.74) is 7.97. The van der Waals surface area contributed by atoms with Crippen molar-refractivity contribution in [1.29, 1.82) is 0 Å². The Morgan fingerprint density at radius 3 is 2.13 bits per heavy atom. The second kappa shape index (κ2) is 12.9. The van der Waals surface area contributed by atoms with Gasteiger partial charge in [0.15, 0.2) is 5.82 Å². The second-order valence-electron chi connectivity index (χ2n) is 8.59. The van der Waals surface area contributed by atoms with Crippen LogP contribution in [0.5, 0.6) is 0 Å². The van der Waals surface area contributed by atoms with Crippen molar-refractivity contribution in [2.75, 3.05) is 19.3 Å². The molecule has 38 heavy (non-hydrogen) atoms. The summed E-state index contributed by atoms with van der Waals surface area (Å²) in [6.45, 7) is 6.64. The summed E-state index contributed by atoms with van der Waals surface area (Å²) in [6.07, 6.45) is -2.20. The van der Waals surface area contributed by atoms with E-state index in [0.29, 0.717) is 16.6 Å². The smallest absolute Gasteiger partial charge is 0.432 e. The van der Waals surface area contributed by atoms with Crippen molar-refractivity contribution in [2.24, 2.45) is 0 Å². The summed E-state index contributed by atoms with van der Waals surface area (Å²) >= 11 is 0. The molecule has 0 amide bonds. The lowest BCUT2D eigenvalue weighted by atomic mass is 10.2. The standard InChI is InChI=1S/C23H31N4O10P/c1-14(2)35-22(28)31-12-33-38(30,34-13-32-23(29)36-15(3)4)37-16(5)10-27-11-25-19-20(27)17-8-6-7-9-18(17)26-21(19)24/h6-9,11,14-16H,10,12-13H2,1-5H3,(H2,24,26). The van der Waals surface area contributed by atoms with Crippen LogP contribution in [-0.2, 0) is 43.6 Å². The molecule has 0 spiro atoms. The van der Waals surface area contributed by atoms with Crippen LogP contribution in [-0.4, -0.2) is 58.7 Å². The molecule has 2 heterocycles. The first-order chi connectivity index (χ1) is 18.0. The van der Waals surface area contributed by atoms with Crippen molar-refractivity contribution in [2.45, 2.75) is 59.5 Å². The Balaban J connectivity index is 1.73.